The number of carboxylic acid groups (broad SMARTS) is 1. The van der Waals surface area contributed by atoms with Crippen LogP contribution in [-0.2, 0) is 0 Å². The van der Waals surface area contributed by atoms with Crippen LogP contribution in [0.25, 0.3) is 0 Å². The minimum absolute atomic E-state index is 0.198. The number of aryl methyl sites for hydroxylation is 1. The molecule has 0 aliphatic rings. The predicted octanol–water partition coefficient (Wildman–Crippen LogP) is 2.27. The van der Waals surface area contributed by atoms with Gasteiger partial charge in [0.15, 0.2) is 0 Å². The van der Waals surface area contributed by atoms with E-state index < -0.39 is 5.97 Å². The molecule has 0 saturated carbocycles. The number of aromatic carboxylic acids is 1. The summed E-state index contributed by atoms with van der Waals surface area (Å²) in [5.41, 5.74) is 1.07. The van der Waals surface area contributed by atoms with E-state index in [0.29, 0.717) is 9.79 Å². The highest BCUT2D eigenvalue weighted by Gasteiger charge is 2.10. The number of benzene rings is 1. The Hall–Kier alpha value is -0.610. The highest BCUT2D eigenvalue weighted by molar-refractivity contribution is 7.83. The van der Waals surface area contributed by atoms with Crippen molar-refractivity contribution in [3.8, 4) is 0 Å². The van der Waals surface area contributed by atoms with Crippen molar-refractivity contribution in [3.05, 3.63) is 23.3 Å². The molecule has 1 aromatic carbocycles. The molecule has 0 atom stereocenters. The quantitative estimate of drug-likeness (QED) is 0.608. The van der Waals surface area contributed by atoms with Gasteiger partial charge in [-0.1, -0.05) is 0 Å². The Morgan fingerprint density at radius 2 is 2.00 bits per heavy atom. The van der Waals surface area contributed by atoms with Gasteiger partial charge in [0.05, 0.1) is 5.56 Å². The van der Waals surface area contributed by atoms with Crippen LogP contribution in [0.1, 0.15) is 15.9 Å². The summed E-state index contributed by atoms with van der Waals surface area (Å²) >= 11 is 8.13. The zero-order valence-electron chi connectivity index (χ0n) is 6.40. The molecule has 1 aromatic rings. The summed E-state index contributed by atoms with van der Waals surface area (Å²) in [4.78, 5) is 11.6. The molecule has 0 aliphatic carbocycles. The molecule has 0 amide bonds. The Balaban J connectivity index is 3.37. The van der Waals surface area contributed by atoms with Crippen LogP contribution >= 0.6 is 25.3 Å². The maximum absolute atomic E-state index is 10.6. The third-order valence-electron chi connectivity index (χ3n) is 1.46. The first-order chi connectivity index (χ1) is 5.52. The second-order valence-electron chi connectivity index (χ2n) is 2.49. The van der Waals surface area contributed by atoms with E-state index in [4.69, 9.17) is 5.11 Å². The summed E-state index contributed by atoms with van der Waals surface area (Å²) in [5, 5.41) is 8.73. The Bertz CT molecular complexity index is 334. The van der Waals surface area contributed by atoms with Crippen LogP contribution in [0.15, 0.2) is 21.9 Å². The molecule has 4 heteroatoms. The van der Waals surface area contributed by atoms with Crippen molar-refractivity contribution in [2.75, 3.05) is 0 Å². The zero-order chi connectivity index (χ0) is 9.30. The smallest absolute Gasteiger partial charge is 0.336 e. The fourth-order valence-corrected chi connectivity index (χ4v) is 1.47. The van der Waals surface area contributed by atoms with Crippen LogP contribution in [0.3, 0.4) is 0 Å². The van der Waals surface area contributed by atoms with Gasteiger partial charge in [0.2, 0.25) is 0 Å². The van der Waals surface area contributed by atoms with Crippen molar-refractivity contribution in [2.24, 2.45) is 0 Å². The van der Waals surface area contributed by atoms with Crippen LogP contribution in [0.5, 0.6) is 0 Å². The molecule has 1 N–H and O–H groups in total. The van der Waals surface area contributed by atoms with Gasteiger partial charge in [-0.05, 0) is 24.6 Å². The van der Waals surface area contributed by atoms with Crippen LogP contribution < -0.4 is 0 Å². The molecule has 0 fully saturated rings. The minimum Gasteiger partial charge on any atom is -0.478 e. The summed E-state index contributed by atoms with van der Waals surface area (Å²) in [6.45, 7) is 1.82. The van der Waals surface area contributed by atoms with E-state index in [1.54, 1.807) is 12.1 Å². The SMILES string of the molecule is Cc1cc(S)c(S)c(C(=O)O)c1. The van der Waals surface area contributed by atoms with E-state index in [2.05, 4.69) is 25.3 Å². The molecular formula is C8H8O2S2. The number of carbonyl (C=O) groups is 1. The molecule has 0 bridgehead atoms. The monoisotopic (exact) mass is 200 g/mol. The van der Waals surface area contributed by atoms with Crippen LogP contribution in [-0.4, -0.2) is 11.1 Å². The number of thiol groups is 2. The van der Waals surface area contributed by atoms with Crippen LogP contribution in [0.2, 0.25) is 0 Å². The van der Waals surface area contributed by atoms with Crippen molar-refractivity contribution < 1.29 is 9.90 Å². The maximum Gasteiger partial charge on any atom is 0.336 e. The first kappa shape index (κ1) is 9.48. The standard InChI is InChI=1S/C8H8O2S2/c1-4-2-5(8(9)10)7(12)6(11)3-4/h2-3,11-12H,1H3,(H,9,10). The van der Waals surface area contributed by atoms with Crippen molar-refractivity contribution in [2.45, 2.75) is 16.7 Å². The van der Waals surface area contributed by atoms with Gasteiger partial charge in [0.25, 0.3) is 0 Å². The van der Waals surface area contributed by atoms with Gasteiger partial charge in [-0.2, -0.15) is 0 Å². The van der Waals surface area contributed by atoms with Crippen molar-refractivity contribution in [3.63, 3.8) is 0 Å². The predicted molar refractivity (Wildman–Crippen MR) is 52.6 cm³/mol. The van der Waals surface area contributed by atoms with Crippen LogP contribution in [0.4, 0.5) is 0 Å². The van der Waals surface area contributed by atoms with Gasteiger partial charge in [-0.25, -0.2) is 4.79 Å². The Morgan fingerprint density at radius 3 is 2.50 bits per heavy atom. The van der Waals surface area contributed by atoms with Gasteiger partial charge in [0.1, 0.15) is 0 Å². The van der Waals surface area contributed by atoms with Gasteiger partial charge < -0.3 is 5.11 Å². The van der Waals surface area contributed by atoms with Gasteiger partial charge in [-0.15, -0.1) is 25.3 Å². The highest BCUT2D eigenvalue weighted by Crippen LogP contribution is 2.24. The van der Waals surface area contributed by atoms with E-state index in [0.717, 1.165) is 5.56 Å². The molecule has 0 radical (unpaired) electrons. The van der Waals surface area contributed by atoms with Crippen molar-refractivity contribution >= 4 is 31.2 Å². The molecule has 0 aliphatic heterocycles. The number of hydrogen-bond donors (Lipinski definition) is 3. The molecule has 0 saturated heterocycles. The summed E-state index contributed by atoms with van der Waals surface area (Å²) in [6, 6.07) is 3.35. The first-order valence-electron chi connectivity index (χ1n) is 3.28. The topological polar surface area (TPSA) is 37.3 Å². The summed E-state index contributed by atoms with van der Waals surface area (Å²) in [6.07, 6.45) is 0. The lowest BCUT2D eigenvalue weighted by Gasteiger charge is -2.04. The second kappa shape index (κ2) is 3.41. The van der Waals surface area contributed by atoms with Crippen molar-refractivity contribution in [1.82, 2.24) is 0 Å². The molecule has 1 rings (SSSR count). The third-order valence-corrected chi connectivity index (χ3v) is 2.48. The van der Waals surface area contributed by atoms with Crippen molar-refractivity contribution in [1.29, 1.82) is 0 Å². The molecule has 0 spiro atoms. The Morgan fingerprint density at radius 1 is 1.42 bits per heavy atom. The number of hydrogen-bond acceptors (Lipinski definition) is 3. The highest BCUT2D eigenvalue weighted by atomic mass is 32.1. The van der Waals surface area contributed by atoms with E-state index in [1.807, 2.05) is 6.92 Å². The Labute approximate surface area is 81.4 Å². The zero-order valence-corrected chi connectivity index (χ0v) is 8.19. The van der Waals surface area contributed by atoms with Gasteiger partial charge in [-0.3, -0.25) is 0 Å². The lowest BCUT2D eigenvalue weighted by atomic mass is 10.1. The fourth-order valence-electron chi connectivity index (χ4n) is 0.923. The largest absolute Gasteiger partial charge is 0.478 e. The molecule has 12 heavy (non-hydrogen) atoms. The second-order valence-corrected chi connectivity index (χ2v) is 3.41. The van der Waals surface area contributed by atoms with Crippen LogP contribution in [0, 0.1) is 6.92 Å². The molecule has 0 unspecified atom stereocenters. The normalized spacial score (nSPS) is 9.92. The van der Waals surface area contributed by atoms with Gasteiger partial charge >= 0.3 is 5.97 Å². The third kappa shape index (κ3) is 1.76. The first-order valence-corrected chi connectivity index (χ1v) is 4.17. The Kier molecular flexibility index (Phi) is 2.69. The number of rotatable bonds is 1. The molecular weight excluding hydrogens is 192 g/mol. The van der Waals surface area contributed by atoms with E-state index in [-0.39, 0.29) is 5.56 Å². The van der Waals surface area contributed by atoms with E-state index in [1.165, 1.54) is 0 Å². The average molecular weight is 200 g/mol. The van der Waals surface area contributed by atoms with E-state index in [9.17, 15) is 4.79 Å². The lowest BCUT2D eigenvalue weighted by molar-refractivity contribution is 0.0692. The van der Waals surface area contributed by atoms with E-state index >= 15 is 0 Å². The fraction of sp³-hybridized carbons (Fsp3) is 0.125. The average Bonchev–Trinajstić information content (AvgIpc) is 1.96. The number of carboxylic acids is 1. The molecule has 0 heterocycles. The molecule has 2 nitrogen and oxygen atoms in total. The van der Waals surface area contributed by atoms with Gasteiger partial charge in [0, 0.05) is 9.79 Å². The summed E-state index contributed by atoms with van der Waals surface area (Å²) in [5.74, 6) is -0.973. The molecule has 0 aromatic heterocycles. The summed E-state index contributed by atoms with van der Waals surface area (Å²) < 4.78 is 0. The molecule has 64 valence electrons. The summed E-state index contributed by atoms with van der Waals surface area (Å²) in [7, 11) is 0. The maximum atomic E-state index is 10.6. The minimum atomic E-state index is -0.973. The lowest BCUT2D eigenvalue weighted by Crippen LogP contribution is -1.99.